The van der Waals surface area contributed by atoms with Crippen LogP contribution in [0.15, 0.2) is 36.4 Å². The van der Waals surface area contributed by atoms with Crippen molar-refractivity contribution >= 4 is 10.8 Å². The average Bonchev–Trinajstić information content (AvgIpc) is 2.52. The number of nitrogens with zero attached hydrogens (tertiary/aromatic N) is 1. The number of hydrogen-bond donors (Lipinski definition) is 0. The van der Waals surface area contributed by atoms with E-state index in [1.54, 1.807) is 0 Å². The Morgan fingerprint density at radius 1 is 0.864 bits per heavy atom. The number of halogens is 2. The molecule has 2 aromatic carbocycles. The Kier molecular flexibility index (Phi) is 13.2. The molecule has 0 amide bonds. The van der Waals surface area contributed by atoms with Crippen LogP contribution in [0.5, 0.6) is 0 Å². The first-order valence-corrected chi connectivity index (χ1v) is 6.93. The van der Waals surface area contributed by atoms with Gasteiger partial charge >= 0.3 is 21.7 Å². The molecule has 0 aliphatic heterocycles. The van der Waals surface area contributed by atoms with Crippen LogP contribution in [0.1, 0.15) is 47.1 Å². The maximum Gasteiger partial charge on any atom is 4.00 e. The maximum atomic E-state index is 4.54. The first kappa shape index (κ1) is 27.0. The summed E-state index contributed by atoms with van der Waals surface area (Å²) < 4.78 is 0. The second-order valence-corrected chi connectivity index (χ2v) is 7.12. The quantitative estimate of drug-likeness (QED) is 0.448. The van der Waals surface area contributed by atoms with Gasteiger partial charge in [-0.05, 0) is 0 Å². The molecule has 1 nitrogen and oxygen atoms in total. The predicted octanol–water partition coefficient (Wildman–Crippen LogP) is -0.170. The first-order chi connectivity index (χ1) is 8.57. The number of rotatable bonds is 0. The standard InChI is InChI=1S/C10H9.C8H18N.2ClH.Ti/c1-8-6-9-4-2-3-5-10(9)7-8;1-7(2,3)9-8(4,5)6;;;/h2-7H,1H3;1-6H3;2*1H;/q2*-1;;;+4/p-2. The molecule has 0 spiro atoms. The van der Waals surface area contributed by atoms with Crippen LogP contribution in [0.25, 0.3) is 16.1 Å². The third-order valence-electron chi connectivity index (χ3n) is 2.43. The van der Waals surface area contributed by atoms with Gasteiger partial charge in [0.2, 0.25) is 0 Å². The van der Waals surface area contributed by atoms with Crippen molar-refractivity contribution in [2.75, 3.05) is 0 Å². The van der Waals surface area contributed by atoms with Crippen molar-refractivity contribution in [2.45, 2.75) is 59.5 Å². The molecule has 0 saturated carbocycles. The van der Waals surface area contributed by atoms with Crippen LogP contribution in [0.4, 0.5) is 0 Å². The zero-order chi connectivity index (χ0) is 14.7. The van der Waals surface area contributed by atoms with Gasteiger partial charge in [0, 0.05) is 0 Å². The Bertz CT molecular complexity index is 477. The zero-order valence-corrected chi connectivity index (χ0v) is 17.7. The van der Waals surface area contributed by atoms with E-state index in [1.165, 1.54) is 16.3 Å². The molecule has 2 rings (SSSR count). The summed E-state index contributed by atoms with van der Waals surface area (Å²) in [5.74, 6) is 0. The summed E-state index contributed by atoms with van der Waals surface area (Å²) in [6, 6.07) is 12.8. The van der Waals surface area contributed by atoms with Gasteiger partial charge in [0.15, 0.2) is 0 Å². The summed E-state index contributed by atoms with van der Waals surface area (Å²) in [7, 11) is 0. The molecule has 0 bridgehead atoms. The minimum atomic E-state index is 0. The van der Waals surface area contributed by atoms with E-state index >= 15 is 0 Å². The van der Waals surface area contributed by atoms with Gasteiger partial charge in [0.1, 0.15) is 0 Å². The topological polar surface area (TPSA) is 14.1 Å². The zero-order valence-electron chi connectivity index (χ0n) is 14.7. The van der Waals surface area contributed by atoms with Crippen LogP contribution in [-0.2, 0) is 21.7 Å². The van der Waals surface area contributed by atoms with Gasteiger partial charge in [-0.2, -0.15) is 6.07 Å². The smallest absolute Gasteiger partial charge is 1.00 e. The Hall–Kier alpha value is 0.0843. The summed E-state index contributed by atoms with van der Waals surface area (Å²) in [4.78, 5) is 0. The number of fused-ring (bicyclic) bond motifs is 1. The molecule has 0 atom stereocenters. The largest absolute Gasteiger partial charge is 4.00 e. The van der Waals surface area contributed by atoms with Crippen molar-refractivity contribution in [3.8, 4) is 0 Å². The Labute approximate surface area is 163 Å². The number of benzene rings is 1. The van der Waals surface area contributed by atoms with Crippen LogP contribution in [0, 0.1) is 6.92 Å². The van der Waals surface area contributed by atoms with Crippen molar-refractivity contribution < 1.29 is 46.5 Å². The summed E-state index contributed by atoms with van der Waals surface area (Å²) in [6.07, 6.45) is 0. The summed E-state index contributed by atoms with van der Waals surface area (Å²) >= 11 is 0. The normalized spacial score (nSPS) is 10.5. The van der Waals surface area contributed by atoms with Crippen molar-refractivity contribution in [2.24, 2.45) is 0 Å². The molecule has 22 heavy (non-hydrogen) atoms. The van der Waals surface area contributed by atoms with Crippen LogP contribution in [-0.4, -0.2) is 11.1 Å². The molecule has 0 radical (unpaired) electrons. The predicted molar refractivity (Wildman–Crippen MR) is 87.1 cm³/mol. The Morgan fingerprint density at radius 3 is 1.68 bits per heavy atom. The average molecular weight is 376 g/mol. The van der Waals surface area contributed by atoms with E-state index in [9.17, 15) is 0 Å². The molecule has 0 saturated heterocycles. The Morgan fingerprint density at radius 2 is 1.32 bits per heavy atom. The molecule has 0 heterocycles. The molecule has 0 unspecified atom stereocenters. The minimum Gasteiger partial charge on any atom is -1.00 e. The van der Waals surface area contributed by atoms with E-state index in [2.05, 4.69) is 90.2 Å². The molecule has 0 aliphatic rings. The SMILES string of the molecule is CC(C)(C)[N-]C(C)(C)C.Cc1cc2ccccc2[cH-]1.[Cl-].[Cl-].[Ti+4]. The summed E-state index contributed by atoms with van der Waals surface area (Å²) in [5.41, 5.74) is 1.57. The monoisotopic (exact) mass is 375 g/mol. The molecule has 2 aromatic rings. The van der Waals surface area contributed by atoms with Crippen LogP contribution < -0.4 is 24.8 Å². The van der Waals surface area contributed by atoms with E-state index in [0.29, 0.717) is 0 Å². The Balaban J connectivity index is -0.000000291. The van der Waals surface area contributed by atoms with Gasteiger partial charge in [-0.1, -0.05) is 54.5 Å². The van der Waals surface area contributed by atoms with Gasteiger partial charge < -0.3 is 30.1 Å². The van der Waals surface area contributed by atoms with Crippen molar-refractivity contribution in [1.82, 2.24) is 0 Å². The van der Waals surface area contributed by atoms with Gasteiger partial charge in [0.25, 0.3) is 0 Å². The van der Waals surface area contributed by atoms with Crippen LogP contribution >= 0.6 is 0 Å². The fourth-order valence-electron chi connectivity index (χ4n) is 2.31. The summed E-state index contributed by atoms with van der Waals surface area (Å²) in [5, 5.41) is 7.24. The fourth-order valence-corrected chi connectivity index (χ4v) is 2.31. The van der Waals surface area contributed by atoms with E-state index in [-0.39, 0.29) is 57.6 Å². The van der Waals surface area contributed by atoms with E-state index in [0.717, 1.165) is 0 Å². The van der Waals surface area contributed by atoms with Crippen LogP contribution in [0.3, 0.4) is 0 Å². The van der Waals surface area contributed by atoms with Gasteiger partial charge in [-0.15, -0.1) is 51.7 Å². The molecule has 0 aliphatic carbocycles. The van der Waals surface area contributed by atoms with Gasteiger partial charge in [-0.25, -0.2) is 0 Å². The first-order valence-electron chi connectivity index (χ1n) is 6.93. The third kappa shape index (κ3) is 11.6. The molecule has 0 fully saturated rings. The molecule has 4 heteroatoms. The van der Waals surface area contributed by atoms with Gasteiger partial charge in [0.05, 0.1) is 0 Å². The minimum absolute atomic E-state index is 0. The van der Waals surface area contributed by atoms with Gasteiger partial charge in [-0.3, -0.25) is 0 Å². The van der Waals surface area contributed by atoms with E-state index < -0.39 is 0 Å². The fraction of sp³-hybridized carbons (Fsp3) is 0.500. The molecule has 0 aromatic heterocycles. The second-order valence-electron chi connectivity index (χ2n) is 7.12. The van der Waals surface area contributed by atoms with E-state index in [1.807, 2.05) is 0 Å². The molecule has 0 N–H and O–H groups in total. The summed E-state index contributed by atoms with van der Waals surface area (Å²) in [6.45, 7) is 14.9. The van der Waals surface area contributed by atoms with Crippen molar-refractivity contribution in [3.05, 3.63) is 47.3 Å². The maximum absolute atomic E-state index is 4.54. The number of aryl methyl sites for hydroxylation is 1. The molecular formula is C18H27Cl2NTi. The van der Waals surface area contributed by atoms with Crippen molar-refractivity contribution in [3.63, 3.8) is 0 Å². The molecule has 122 valence electrons. The molecular weight excluding hydrogens is 349 g/mol. The third-order valence-corrected chi connectivity index (χ3v) is 2.43. The number of hydrogen-bond acceptors (Lipinski definition) is 0. The van der Waals surface area contributed by atoms with Crippen LogP contribution in [0.2, 0.25) is 0 Å². The second kappa shape index (κ2) is 10.8. The van der Waals surface area contributed by atoms with Crippen molar-refractivity contribution in [1.29, 1.82) is 0 Å². The van der Waals surface area contributed by atoms with E-state index in [4.69, 9.17) is 0 Å².